The summed E-state index contributed by atoms with van der Waals surface area (Å²) in [6, 6.07) is 15.3. The number of likely N-dealkylation sites (tertiary alicyclic amines) is 1. The van der Waals surface area contributed by atoms with Crippen LogP contribution >= 0.6 is 0 Å². The topological polar surface area (TPSA) is 86.8 Å². The minimum absolute atomic E-state index is 0.0717. The average Bonchev–Trinajstić information content (AvgIpc) is 2.85. The van der Waals surface area contributed by atoms with Gasteiger partial charge >= 0.3 is 0 Å². The van der Waals surface area contributed by atoms with Crippen molar-refractivity contribution >= 4 is 27.5 Å². The van der Waals surface area contributed by atoms with Crippen molar-refractivity contribution in [3.63, 3.8) is 0 Å². The highest BCUT2D eigenvalue weighted by Gasteiger charge is 2.33. The van der Waals surface area contributed by atoms with Crippen molar-refractivity contribution < 1.29 is 18.0 Å². The smallest absolute Gasteiger partial charge is 0.255 e. The van der Waals surface area contributed by atoms with E-state index in [9.17, 15) is 18.0 Å². The summed E-state index contributed by atoms with van der Waals surface area (Å²) >= 11 is 0. The Balaban J connectivity index is 1.47. The van der Waals surface area contributed by atoms with Gasteiger partial charge < -0.3 is 10.2 Å². The second kappa shape index (κ2) is 9.83. The van der Waals surface area contributed by atoms with Crippen LogP contribution in [0, 0.1) is 5.92 Å². The molecule has 0 aliphatic carbocycles. The first-order chi connectivity index (χ1) is 15.5. The lowest BCUT2D eigenvalue weighted by Crippen LogP contribution is -2.43. The molecule has 7 nitrogen and oxygen atoms in total. The molecule has 2 amide bonds. The van der Waals surface area contributed by atoms with Gasteiger partial charge in [-0.25, -0.2) is 8.42 Å². The first-order valence-corrected chi connectivity index (χ1v) is 12.7. The summed E-state index contributed by atoms with van der Waals surface area (Å²) in [4.78, 5) is 28.1. The van der Waals surface area contributed by atoms with Gasteiger partial charge in [-0.2, -0.15) is 4.31 Å². The Morgan fingerprint density at radius 1 is 0.844 bits per heavy atom. The van der Waals surface area contributed by atoms with E-state index in [2.05, 4.69) is 5.32 Å². The first-order valence-electron chi connectivity index (χ1n) is 11.2. The van der Waals surface area contributed by atoms with Gasteiger partial charge in [-0.05, 0) is 56.4 Å². The lowest BCUT2D eigenvalue weighted by atomic mass is 9.98. The number of piperidine rings is 2. The van der Waals surface area contributed by atoms with E-state index < -0.39 is 15.9 Å². The molecule has 0 bridgehead atoms. The third kappa shape index (κ3) is 4.86. The molecule has 4 rings (SSSR count). The van der Waals surface area contributed by atoms with Crippen molar-refractivity contribution in [2.45, 2.75) is 37.0 Å². The number of amides is 2. The summed E-state index contributed by atoms with van der Waals surface area (Å²) in [5, 5.41) is 2.90. The van der Waals surface area contributed by atoms with Crippen LogP contribution in [0.4, 0.5) is 5.69 Å². The van der Waals surface area contributed by atoms with Crippen LogP contribution in [0.5, 0.6) is 0 Å². The van der Waals surface area contributed by atoms with Crippen LogP contribution in [0.15, 0.2) is 59.5 Å². The number of nitrogens with one attached hydrogen (secondary N) is 1. The van der Waals surface area contributed by atoms with Gasteiger partial charge in [-0.1, -0.05) is 30.3 Å². The number of nitrogens with zero attached hydrogens (tertiary/aromatic N) is 2. The normalized spacial score (nSPS) is 20.0. The molecule has 2 saturated heterocycles. The van der Waals surface area contributed by atoms with Gasteiger partial charge in [0.15, 0.2) is 0 Å². The minimum Gasteiger partial charge on any atom is -0.339 e. The lowest BCUT2D eigenvalue weighted by molar-refractivity contribution is -0.120. The molecule has 2 aromatic carbocycles. The standard InChI is InChI=1S/C24H29N3O4S/c28-23(19-10-9-17-27(18-19)32(30,31)20-11-3-1-4-12-20)25-22-14-6-5-13-21(22)24(29)26-15-7-2-8-16-26/h1,3-6,11-14,19H,2,7-10,15-18H2,(H,25,28)/t19-/m1/s1. The molecule has 1 atom stereocenters. The van der Waals surface area contributed by atoms with Gasteiger partial charge in [0, 0.05) is 26.2 Å². The second-order valence-corrected chi connectivity index (χ2v) is 10.3. The number of sulfonamides is 1. The van der Waals surface area contributed by atoms with E-state index in [0.29, 0.717) is 30.6 Å². The Bertz CT molecular complexity index is 1070. The summed E-state index contributed by atoms with van der Waals surface area (Å²) in [5.41, 5.74) is 0.962. The zero-order valence-electron chi connectivity index (χ0n) is 18.1. The zero-order chi connectivity index (χ0) is 22.6. The minimum atomic E-state index is -3.64. The van der Waals surface area contributed by atoms with E-state index in [-0.39, 0.29) is 23.3 Å². The number of carbonyl (C=O) groups excluding carboxylic acids is 2. The number of hydrogen-bond donors (Lipinski definition) is 1. The van der Waals surface area contributed by atoms with E-state index in [4.69, 9.17) is 0 Å². The van der Waals surface area contributed by atoms with E-state index in [1.165, 1.54) is 4.31 Å². The third-order valence-corrected chi connectivity index (χ3v) is 8.07. The maximum absolute atomic E-state index is 13.1. The van der Waals surface area contributed by atoms with Crippen molar-refractivity contribution in [3.8, 4) is 0 Å². The number of anilines is 1. The Labute approximate surface area is 189 Å². The molecule has 2 fully saturated rings. The lowest BCUT2D eigenvalue weighted by Gasteiger charge is -2.31. The molecular formula is C24H29N3O4S. The molecule has 2 aliphatic heterocycles. The Hall–Kier alpha value is -2.71. The summed E-state index contributed by atoms with van der Waals surface area (Å²) < 4.78 is 27.3. The fourth-order valence-electron chi connectivity index (χ4n) is 4.40. The van der Waals surface area contributed by atoms with E-state index >= 15 is 0 Å². The molecule has 0 unspecified atom stereocenters. The maximum atomic E-state index is 13.1. The van der Waals surface area contributed by atoms with Crippen molar-refractivity contribution in [1.29, 1.82) is 0 Å². The predicted octanol–water partition coefficient (Wildman–Crippen LogP) is 3.35. The maximum Gasteiger partial charge on any atom is 0.255 e. The van der Waals surface area contributed by atoms with Gasteiger partial charge in [-0.3, -0.25) is 9.59 Å². The molecular weight excluding hydrogens is 426 g/mol. The van der Waals surface area contributed by atoms with Crippen LogP contribution in [0.3, 0.4) is 0 Å². The Kier molecular flexibility index (Phi) is 6.91. The molecule has 32 heavy (non-hydrogen) atoms. The molecule has 0 saturated carbocycles. The summed E-state index contributed by atoms with van der Waals surface area (Å²) in [6.45, 7) is 1.99. The van der Waals surface area contributed by atoms with Gasteiger partial charge in [-0.15, -0.1) is 0 Å². The van der Waals surface area contributed by atoms with Crippen LogP contribution < -0.4 is 5.32 Å². The largest absolute Gasteiger partial charge is 0.339 e. The molecule has 8 heteroatoms. The molecule has 0 spiro atoms. The number of para-hydroxylation sites is 1. The first kappa shape index (κ1) is 22.5. The van der Waals surface area contributed by atoms with E-state index in [1.54, 1.807) is 54.6 Å². The summed E-state index contributed by atoms with van der Waals surface area (Å²) in [6.07, 6.45) is 4.34. The van der Waals surface area contributed by atoms with Gasteiger partial charge in [0.25, 0.3) is 5.91 Å². The highest BCUT2D eigenvalue weighted by Crippen LogP contribution is 2.26. The molecule has 0 radical (unpaired) electrons. The number of carbonyl (C=O) groups is 2. The van der Waals surface area contributed by atoms with Crippen LogP contribution in [-0.2, 0) is 14.8 Å². The number of rotatable bonds is 5. The van der Waals surface area contributed by atoms with Gasteiger partial charge in [0.05, 0.1) is 22.1 Å². The second-order valence-electron chi connectivity index (χ2n) is 8.40. The Morgan fingerprint density at radius 2 is 1.53 bits per heavy atom. The van der Waals surface area contributed by atoms with Crippen LogP contribution in [0.25, 0.3) is 0 Å². The van der Waals surface area contributed by atoms with Crippen LogP contribution in [0.1, 0.15) is 42.5 Å². The summed E-state index contributed by atoms with van der Waals surface area (Å²) in [5.74, 6) is -0.797. The number of benzene rings is 2. The summed E-state index contributed by atoms with van der Waals surface area (Å²) in [7, 11) is -3.64. The third-order valence-electron chi connectivity index (χ3n) is 6.19. The molecule has 2 aliphatic rings. The predicted molar refractivity (Wildman–Crippen MR) is 123 cm³/mol. The molecule has 0 aromatic heterocycles. The van der Waals surface area contributed by atoms with E-state index in [0.717, 1.165) is 32.4 Å². The van der Waals surface area contributed by atoms with Gasteiger partial charge in [0.2, 0.25) is 15.9 Å². The van der Waals surface area contributed by atoms with Gasteiger partial charge in [0.1, 0.15) is 0 Å². The number of hydrogen-bond acceptors (Lipinski definition) is 4. The molecule has 2 heterocycles. The Morgan fingerprint density at radius 3 is 2.28 bits per heavy atom. The highest BCUT2D eigenvalue weighted by atomic mass is 32.2. The average molecular weight is 456 g/mol. The van der Waals surface area contributed by atoms with Crippen molar-refractivity contribution in [3.05, 3.63) is 60.2 Å². The van der Waals surface area contributed by atoms with Crippen molar-refractivity contribution in [1.82, 2.24) is 9.21 Å². The SMILES string of the molecule is O=C(Nc1ccccc1C(=O)N1CCCCC1)[C@@H]1CCCN(S(=O)(=O)c2ccccc2)C1. The van der Waals surface area contributed by atoms with Crippen molar-refractivity contribution in [2.75, 3.05) is 31.5 Å². The van der Waals surface area contributed by atoms with E-state index in [1.807, 2.05) is 4.90 Å². The highest BCUT2D eigenvalue weighted by molar-refractivity contribution is 7.89. The molecule has 170 valence electrons. The van der Waals surface area contributed by atoms with Crippen molar-refractivity contribution in [2.24, 2.45) is 5.92 Å². The monoisotopic (exact) mass is 455 g/mol. The van der Waals surface area contributed by atoms with Crippen LogP contribution in [0.2, 0.25) is 0 Å². The molecule has 1 N–H and O–H groups in total. The fraction of sp³-hybridized carbons (Fsp3) is 0.417. The zero-order valence-corrected chi connectivity index (χ0v) is 18.9. The fourth-order valence-corrected chi connectivity index (χ4v) is 5.94. The quantitative estimate of drug-likeness (QED) is 0.749. The molecule has 2 aromatic rings. The van der Waals surface area contributed by atoms with Crippen LogP contribution in [-0.4, -0.2) is 55.6 Å².